The van der Waals surface area contributed by atoms with Crippen molar-refractivity contribution < 1.29 is 9.53 Å². The molecule has 0 saturated heterocycles. The molecule has 0 bridgehead atoms. The van der Waals surface area contributed by atoms with Crippen LogP contribution in [-0.4, -0.2) is 12.6 Å². The van der Waals surface area contributed by atoms with Crippen LogP contribution in [0.5, 0.6) is 0 Å². The molecule has 0 aliphatic carbocycles. The van der Waals surface area contributed by atoms with Crippen molar-refractivity contribution in [2.24, 2.45) is 0 Å². The van der Waals surface area contributed by atoms with Crippen LogP contribution in [0.4, 0.5) is 0 Å². The van der Waals surface area contributed by atoms with Crippen molar-refractivity contribution in [1.29, 1.82) is 0 Å². The van der Waals surface area contributed by atoms with Crippen LogP contribution in [0.2, 0.25) is 0 Å². The van der Waals surface area contributed by atoms with Gasteiger partial charge >= 0.3 is 5.97 Å². The van der Waals surface area contributed by atoms with E-state index in [4.69, 9.17) is 4.74 Å². The summed E-state index contributed by atoms with van der Waals surface area (Å²) in [6.07, 6.45) is 4.42. The number of ether oxygens (including phenoxy) is 1. The second kappa shape index (κ2) is 9.13. The van der Waals surface area contributed by atoms with E-state index in [0.29, 0.717) is 12.2 Å². The van der Waals surface area contributed by atoms with Crippen LogP contribution in [0.25, 0.3) is 33.7 Å². The second-order valence-electron chi connectivity index (χ2n) is 7.96. The lowest BCUT2D eigenvalue weighted by atomic mass is 9.94. The number of hydrogen-bond acceptors (Lipinski definition) is 2. The van der Waals surface area contributed by atoms with E-state index in [1.165, 1.54) is 5.39 Å². The average Bonchev–Trinajstić information content (AvgIpc) is 2.87. The highest BCUT2D eigenvalue weighted by atomic mass is 16.5. The third-order valence-electron chi connectivity index (χ3n) is 5.84. The largest absolute Gasteiger partial charge is 0.462 e. The molecule has 2 heteroatoms. The number of rotatable bonds is 4. The summed E-state index contributed by atoms with van der Waals surface area (Å²) in [5.41, 5.74) is 2.82. The lowest BCUT2D eigenvalue weighted by molar-refractivity contribution is 0.0526. The molecule has 0 radical (unpaired) electrons. The first-order chi connectivity index (χ1) is 16.2. The molecule has 0 saturated carbocycles. The van der Waals surface area contributed by atoms with Crippen LogP contribution in [-0.2, 0) is 4.74 Å². The Morgan fingerprint density at radius 3 is 1.67 bits per heavy atom. The van der Waals surface area contributed by atoms with Crippen LogP contribution in [0.3, 0.4) is 0 Å². The molecule has 0 aliphatic heterocycles. The summed E-state index contributed by atoms with van der Waals surface area (Å²) in [5.74, 6) is -0.299. The van der Waals surface area contributed by atoms with Crippen molar-refractivity contribution in [3.63, 3.8) is 0 Å². The first-order valence-corrected chi connectivity index (χ1v) is 11.2. The minimum atomic E-state index is -0.299. The number of fused-ring (bicyclic) bond motifs is 2. The van der Waals surface area contributed by atoms with Gasteiger partial charge < -0.3 is 4.74 Å². The molecule has 0 amide bonds. The van der Waals surface area contributed by atoms with Crippen molar-refractivity contribution in [3.05, 3.63) is 130 Å². The summed E-state index contributed by atoms with van der Waals surface area (Å²) < 4.78 is 5.29. The zero-order valence-electron chi connectivity index (χ0n) is 18.5. The van der Waals surface area contributed by atoms with Gasteiger partial charge in [-0.05, 0) is 74.3 Å². The predicted molar refractivity (Wildman–Crippen MR) is 137 cm³/mol. The molecule has 0 heterocycles. The van der Waals surface area contributed by atoms with Crippen LogP contribution in [0.15, 0.2) is 103 Å². The molecule has 0 N–H and O–H groups in total. The zero-order chi connectivity index (χ0) is 22.6. The summed E-state index contributed by atoms with van der Waals surface area (Å²) >= 11 is 0. The van der Waals surface area contributed by atoms with Gasteiger partial charge in [0.05, 0.1) is 12.2 Å². The van der Waals surface area contributed by atoms with E-state index in [-0.39, 0.29) is 5.97 Å². The minimum absolute atomic E-state index is 0.299. The van der Waals surface area contributed by atoms with E-state index in [9.17, 15) is 4.79 Å². The SMILES string of the molecule is CCOC(=O)c1ccc2/c(=C/c3ccccc3)c3ccccc3/c(=C\c3ccccc3)c2c1. The molecule has 160 valence electrons. The van der Waals surface area contributed by atoms with Crippen molar-refractivity contribution >= 4 is 39.7 Å². The van der Waals surface area contributed by atoms with E-state index in [0.717, 1.165) is 37.7 Å². The van der Waals surface area contributed by atoms with Crippen molar-refractivity contribution in [2.75, 3.05) is 6.61 Å². The fourth-order valence-electron chi connectivity index (χ4n) is 4.33. The number of esters is 1. The summed E-state index contributed by atoms with van der Waals surface area (Å²) in [7, 11) is 0. The molecule has 0 aromatic heterocycles. The van der Waals surface area contributed by atoms with Crippen molar-refractivity contribution in [1.82, 2.24) is 0 Å². The molecule has 33 heavy (non-hydrogen) atoms. The monoisotopic (exact) mass is 428 g/mol. The molecule has 0 spiro atoms. The molecule has 5 aromatic carbocycles. The summed E-state index contributed by atoms with van der Waals surface area (Å²) in [6, 6.07) is 35.0. The lowest BCUT2D eigenvalue weighted by Crippen LogP contribution is -2.16. The van der Waals surface area contributed by atoms with Gasteiger partial charge in [0.1, 0.15) is 0 Å². The Bertz CT molecular complexity index is 1570. The number of hydrogen-bond donors (Lipinski definition) is 0. The smallest absolute Gasteiger partial charge is 0.338 e. The Kier molecular flexibility index (Phi) is 5.73. The van der Waals surface area contributed by atoms with Gasteiger partial charge in [-0.1, -0.05) is 91.0 Å². The lowest BCUT2D eigenvalue weighted by Gasteiger charge is -2.10. The Hall–Kier alpha value is -4.17. The highest BCUT2D eigenvalue weighted by Crippen LogP contribution is 2.18. The normalized spacial score (nSPS) is 12.4. The standard InChI is InChI=1S/C31H24O2/c1-2-33-31(32)24-17-18-27-28(19-22-11-5-3-6-12-22)25-15-9-10-16-26(25)29(30(27)21-24)20-23-13-7-4-8-14-23/h3-21H,2H2,1H3/b28-19+,29-20+. The minimum Gasteiger partial charge on any atom is -0.462 e. The van der Waals surface area contributed by atoms with E-state index >= 15 is 0 Å². The quantitative estimate of drug-likeness (QED) is 0.266. The Balaban J connectivity index is 1.95. The van der Waals surface area contributed by atoms with E-state index in [2.05, 4.69) is 60.7 Å². The predicted octanol–water partition coefficient (Wildman–Crippen LogP) is 5.83. The third kappa shape index (κ3) is 4.16. The third-order valence-corrected chi connectivity index (χ3v) is 5.84. The van der Waals surface area contributed by atoms with Crippen molar-refractivity contribution in [3.8, 4) is 0 Å². The van der Waals surface area contributed by atoms with Gasteiger partial charge in [0.2, 0.25) is 0 Å². The molecule has 5 rings (SSSR count). The second-order valence-corrected chi connectivity index (χ2v) is 7.96. The maximum absolute atomic E-state index is 12.6. The van der Waals surface area contributed by atoms with Crippen LogP contribution < -0.4 is 10.4 Å². The van der Waals surface area contributed by atoms with Gasteiger partial charge in [-0.25, -0.2) is 4.79 Å². The number of benzene rings is 5. The zero-order valence-corrected chi connectivity index (χ0v) is 18.5. The highest BCUT2D eigenvalue weighted by molar-refractivity contribution is 6.04. The molecule has 5 aromatic rings. The van der Waals surface area contributed by atoms with E-state index in [1.807, 2.05) is 61.5 Å². The Morgan fingerprint density at radius 2 is 1.12 bits per heavy atom. The van der Waals surface area contributed by atoms with Crippen molar-refractivity contribution in [2.45, 2.75) is 6.92 Å². The fourth-order valence-corrected chi connectivity index (χ4v) is 4.33. The van der Waals surface area contributed by atoms with Gasteiger partial charge in [-0.3, -0.25) is 0 Å². The first kappa shape index (κ1) is 20.7. The molecule has 2 nitrogen and oxygen atoms in total. The van der Waals surface area contributed by atoms with Gasteiger partial charge in [0.25, 0.3) is 0 Å². The summed E-state index contributed by atoms with van der Waals surface area (Å²) in [5, 5.41) is 6.71. The van der Waals surface area contributed by atoms with Crippen LogP contribution in [0.1, 0.15) is 28.4 Å². The highest BCUT2D eigenvalue weighted by Gasteiger charge is 2.11. The number of carbonyl (C=O) groups excluding carboxylic acids is 1. The average molecular weight is 429 g/mol. The van der Waals surface area contributed by atoms with E-state index in [1.54, 1.807) is 0 Å². The maximum Gasteiger partial charge on any atom is 0.338 e. The fraction of sp³-hybridized carbons (Fsp3) is 0.0645. The topological polar surface area (TPSA) is 26.3 Å². The molecule has 0 atom stereocenters. The maximum atomic E-state index is 12.6. The van der Waals surface area contributed by atoms with Gasteiger partial charge in [0.15, 0.2) is 0 Å². The van der Waals surface area contributed by atoms with Crippen LogP contribution in [0, 0.1) is 0 Å². The van der Waals surface area contributed by atoms with Gasteiger partial charge in [-0.15, -0.1) is 0 Å². The molecule has 0 unspecified atom stereocenters. The Labute approximate surface area is 193 Å². The number of carbonyl (C=O) groups is 1. The van der Waals surface area contributed by atoms with Gasteiger partial charge in [-0.2, -0.15) is 0 Å². The molecule has 0 aliphatic rings. The van der Waals surface area contributed by atoms with E-state index < -0.39 is 0 Å². The summed E-state index contributed by atoms with van der Waals surface area (Å²) in [6.45, 7) is 2.18. The molecular formula is C31H24O2. The van der Waals surface area contributed by atoms with Crippen LogP contribution >= 0.6 is 0 Å². The molecular weight excluding hydrogens is 404 g/mol. The molecule has 0 fully saturated rings. The first-order valence-electron chi connectivity index (χ1n) is 11.2. The Morgan fingerprint density at radius 1 is 0.636 bits per heavy atom. The summed E-state index contributed by atoms with van der Waals surface area (Å²) in [4.78, 5) is 12.6. The van der Waals surface area contributed by atoms with Gasteiger partial charge in [0, 0.05) is 0 Å².